The fraction of sp³-hybridized carbons (Fsp3) is 0.231. The molecule has 0 spiro atoms. The van der Waals surface area contributed by atoms with Crippen LogP contribution in [-0.2, 0) is 23.9 Å². The van der Waals surface area contributed by atoms with E-state index in [2.05, 4.69) is 5.10 Å². The summed E-state index contributed by atoms with van der Waals surface area (Å²) in [6, 6.07) is 6.90. The molecule has 1 heterocycles. The lowest BCUT2D eigenvalue weighted by Gasteiger charge is -2.05. The predicted molar refractivity (Wildman–Crippen MR) is 68.8 cm³/mol. The van der Waals surface area contributed by atoms with E-state index in [4.69, 9.17) is 5.84 Å². The van der Waals surface area contributed by atoms with E-state index in [1.165, 1.54) is 4.68 Å². The number of halogens is 3. The van der Waals surface area contributed by atoms with E-state index in [9.17, 15) is 18.0 Å². The molecule has 0 fully saturated rings. The van der Waals surface area contributed by atoms with Crippen LogP contribution in [0, 0.1) is 0 Å². The van der Waals surface area contributed by atoms with Crippen LogP contribution in [-0.4, -0.2) is 15.7 Å². The molecule has 5 nitrogen and oxygen atoms in total. The molecule has 0 unspecified atom stereocenters. The molecule has 1 aromatic carbocycles. The average molecular weight is 298 g/mol. The summed E-state index contributed by atoms with van der Waals surface area (Å²) >= 11 is 0. The summed E-state index contributed by atoms with van der Waals surface area (Å²) in [6.45, 7) is 0.222. The van der Waals surface area contributed by atoms with Crippen LogP contribution in [0.3, 0.4) is 0 Å². The summed E-state index contributed by atoms with van der Waals surface area (Å²) in [5.74, 6) is 4.67. The highest BCUT2D eigenvalue weighted by molar-refractivity contribution is 5.77. The molecule has 0 saturated carbocycles. The molecule has 1 amide bonds. The van der Waals surface area contributed by atoms with Crippen LogP contribution in [0.4, 0.5) is 13.2 Å². The maximum absolute atomic E-state index is 12.4. The smallest absolute Gasteiger partial charge is 0.294 e. The number of alkyl halides is 3. The number of nitrogens with two attached hydrogens (primary N) is 1. The molecule has 2 rings (SSSR count). The third-order valence-electron chi connectivity index (χ3n) is 2.85. The Morgan fingerprint density at radius 3 is 2.38 bits per heavy atom. The van der Waals surface area contributed by atoms with Crippen LogP contribution < -0.4 is 11.3 Å². The Morgan fingerprint density at radius 2 is 1.86 bits per heavy atom. The number of hydrogen-bond donors (Lipinski definition) is 2. The lowest BCUT2D eigenvalue weighted by Crippen LogP contribution is -2.31. The average Bonchev–Trinajstić information content (AvgIpc) is 2.89. The highest BCUT2D eigenvalue weighted by Gasteiger charge is 2.32. The predicted octanol–water partition coefficient (Wildman–Crippen LogP) is 1.48. The normalized spacial score (nSPS) is 11.4. The van der Waals surface area contributed by atoms with Crippen molar-refractivity contribution in [1.29, 1.82) is 0 Å². The molecule has 2 aromatic rings. The molecule has 0 aliphatic rings. The second-order valence-electron chi connectivity index (χ2n) is 4.49. The lowest BCUT2D eigenvalue weighted by molar-refractivity contribution is -0.137. The molecular weight excluding hydrogens is 285 g/mol. The highest BCUT2D eigenvalue weighted by atomic mass is 19.4. The van der Waals surface area contributed by atoms with Crippen molar-refractivity contribution in [2.45, 2.75) is 19.1 Å². The van der Waals surface area contributed by atoms with Gasteiger partial charge in [-0.05, 0) is 11.1 Å². The van der Waals surface area contributed by atoms with Gasteiger partial charge in [-0.2, -0.15) is 18.3 Å². The third-order valence-corrected chi connectivity index (χ3v) is 2.85. The first kappa shape index (κ1) is 15.0. The van der Waals surface area contributed by atoms with Crippen molar-refractivity contribution < 1.29 is 18.0 Å². The van der Waals surface area contributed by atoms with Gasteiger partial charge in [0.05, 0.1) is 24.7 Å². The van der Waals surface area contributed by atoms with Crippen molar-refractivity contribution in [3.63, 3.8) is 0 Å². The van der Waals surface area contributed by atoms with Gasteiger partial charge < -0.3 is 0 Å². The molecule has 3 N–H and O–H groups in total. The number of hydrogen-bond acceptors (Lipinski definition) is 3. The summed E-state index contributed by atoms with van der Waals surface area (Å²) in [7, 11) is 0. The second kappa shape index (κ2) is 5.96. The number of carbonyl (C=O) groups excluding carboxylic acids is 1. The van der Waals surface area contributed by atoms with E-state index in [0.717, 1.165) is 23.5 Å². The van der Waals surface area contributed by atoms with Crippen LogP contribution in [0.2, 0.25) is 0 Å². The maximum atomic E-state index is 12.4. The highest BCUT2D eigenvalue weighted by Crippen LogP contribution is 2.28. The van der Waals surface area contributed by atoms with Gasteiger partial charge in [0.15, 0.2) is 0 Å². The molecule has 0 bridgehead atoms. The van der Waals surface area contributed by atoms with Crippen LogP contribution in [0.15, 0.2) is 36.7 Å². The van der Waals surface area contributed by atoms with Gasteiger partial charge in [-0.15, -0.1) is 0 Å². The SMILES string of the molecule is NNC(=O)Cc1ccc(Cn2cc(C(F)(F)F)cn2)cc1. The number of hydrazine groups is 1. The number of amides is 1. The Kier molecular flexibility index (Phi) is 4.27. The molecule has 0 atom stereocenters. The number of rotatable bonds is 4. The zero-order chi connectivity index (χ0) is 15.5. The van der Waals surface area contributed by atoms with Gasteiger partial charge in [-0.1, -0.05) is 24.3 Å². The molecule has 0 aliphatic carbocycles. The largest absolute Gasteiger partial charge is 0.419 e. The van der Waals surface area contributed by atoms with Gasteiger partial charge >= 0.3 is 6.18 Å². The van der Waals surface area contributed by atoms with Crippen LogP contribution >= 0.6 is 0 Å². The molecule has 0 aliphatic heterocycles. The summed E-state index contributed by atoms with van der Waals surface area (Å²) in [6.07, 6.45) is -2.50. The number of nitrogens with one attached hydrogen (secondary N) is 1. The molecular formula is C13H13F3N4O. The number of aromatic nitrogens is 2. The minimum Gasteiger partial charge on any atom is -0.294 e. The Morgan fingerprint density at radius 1 is 1.24 bits per heavy atom. The van der Waals surface area contributed by atoms with Crippen molar-refractivity contribution in [2.24, 2.45) is 5.84 Å². The standard InChI is InChI=1S/C13H13F3N4O/c14-13(15,16)11-6-18-20(8-11)7-10-3-1-9(2-4-10)5-12(21)19-17/h1-4,6,8H,5,7,17H2,(H,19,21). The monoisotopic (exact) mass is 298 g/mol. The first-order valence-corrected chi connectivity index (χ1v) is 6.05. The van der Waals surface area contributed by atoms with E-state index in [-0.39, 0.29) is 18.9 Å². The topological polar surface area (TPSA) is 72.9 Å². The first-order valence-electron chi connectivity index (χ1n) is 6.05. The summed E-state index contributed by atoms with van der Waals surface area (Å²) in [4.78, 5) is 11.1. The van der Waals surface area contributed by atoms with E-state index in [1.54, 1.807) is 24.3 Å². The Bertz CT molecular complexity index is 619. The molecule has 21 heavy (non-hydrogen) atoms. The fourth-order valence-corrected chi connectivity index (χ4v) is 1.78. The zero-order valence-corrected chi connectivity index (χ0v) is 10.9. The Hall–Kier alpha value is -2.35. The van der Waals surface area contributed by atoms with Gasteiger partial charge in [0, 0.05) is 6.20 Å². The van der Waals surface area contributed by atoms with E-state index in [1.807, 2.05) is 5.43 Å². The van der Waals surface area contributed by atoms with Crippen molar-refractivity contribution >= 4 is 5.91 Å². The number of nitrogens with zero attached hydrogens (tertiary/aromatic N) is 2. The molecule has 0 radical (unpaired) electrons. The number of benzene rings is 1. The Balaban J connectivity index is 2.03. The van der Waals surface area contributed by atoms with Gasteiger partial charge in [0.2, 0.25) is 5.91 Å². The van der Waals surface area contributed by atoms with Crippen LogP contribution in [0.5, 0.6) is 0 Å². The summed E-state index contributed by atoms with van der Waals surface area (Å²) < 4.78 is 38.6. The molecule has 112 valence electrons. The van der Waals surface area contributed by atoms with Crippen molar-refractivity contribution in [2.75, 3.05) is 0 Å². The molecule has 0 saturated heterocycles. The van der Waals surface area contributed by atoms with E-state index < -0.39 is 11.7 Å². The second-order valence-corrected chi connectivity index (χ2v) is 4.49. The molecule has 1 aromatic heterocycles. The van der Waals surface area contributed by atoms with Crippen LogP contribution in [0.25, 0.3) is 0 Å². The lowest BCUT2D eigenvalue weighted by atomic mass is 10.1. The summed E-state index contributed by atoms with van der Waals surface area (Å²) in [5.41, 5.74) is 2.79. The van der Waals surface area contributed by atoms with Gasteiger partial charge in [-0.3, -0.25) is 14.9 Å². The Labute approximate surface area is 118 Å². The maximum Gasteiger partial charge on any atom is 0.419 e. The van der Waals surface area contributed by atoms with Crippen molar-refractivity contribution in [3.8, 4) is 0 Å². The first-order chi connectivity index (χ1) is 9.88. The van der Waals surface area contributed by atoms with Crippen LogP contribution in [0.1, 0.15) is 16.7 Å². The van der Waals surface area contributed by atoms with Gasteiger partial charge in [-0.25, -0.2) is 5.84 Å². The quantitative estimate of drug-likeness (QED) is 0.510. The van der Waals surface area contributed by atoms with E-state index >= 15 is 0 Å². The van der Waals surface area contributed by atoms with Gasteiger partial charge in [0.25, 0.3) is 0 Å². The minimum atomic E-state index is -4.39. The fourth-order valence-electron chi connectivity index (χ4n) is 1.78. The number of carbonyl (C=O) groups is 1. The minimum absolute atomic E-state index is 0.150. The molecule has 8 heteroatoms. The van der Waals surface area contributed by atoms with Crippen molar-refractivity contribution in [1.82, 2.24) is 15.2 Å². The summed E-state index contributed by atoms with van der Waals surface area (Å²) in [5, 5.41) is 3.68. The van der Waals surface area contributed by atoms with E-state index in [0.29, 0.717) is 0 Å². The van der Waals surface area contributed by atoms with Crippen molar-refractivity contribution in [3.05, 3.63) is 53.3 Å². The van der Waals surface area contributed by atoms with Gasteiger partial charge in [0.1, 0.15) is 0 Å². The zero-order valence-electron chi connectivity index (χ0n) is 10.9. The third kappa shape index (κ3) is 4.06.